The maximum absolute atomic E-state index is 12.0. The standard InChI is InChI=1S/C14H25N3O2S/c1-14(2,3)8-9-16-13-7-6-11(10-12(13)15)20(18,19)17(4)5/h6-7,10,16H,8-9,15H2,1-5H3. The average Bonchev–Trinajstić information content (AvgIpc) is 2.29. The Morgan fingerprint density at radius 2 is 1.85 bits per heavy atom. The van der Waals surface area contributed by atoms with Crippen LogP contribution in [0.25, 0.3) is 0 Å². The lowest BCUT2D eigenvalue weighted by molar-refractivity contribution is 0.390. The third-order valence-corrected chi connectivity index (χ3v) is 4.80. The van der Waals surface area contributed by atoms with Crippen molar-refractivity contribution in [2.45, 2.75) is 32.1 Å². The van der Waals surface area contributed by atoms with E-state index < -0.39 is 10.0 Å². The van der Waals surface area contributed by atoms with Crippen LogP contribution in [0, 0.1) is 5.41 Å². The third-order valence-electron chi connectivity index (χ3n) is 2.99. The Kier molecular flexibility index (Phi) is 5.05. The molecule has 114 valence electrons. The van der Waals surface area contributed by atoms with E-state index in [1.165, 1.54) is 24.5 Å². The summed E-state index contributed by atoms with van der Waals surface area (Å²) in [5.41, 5.74) is 7.39. The van der Waals surface area contributed by atoms with Crippen LogP contribution in [0.1, 0.15) is 27.2 Å². The molecule has 0 amide bonds. The van der Waals surface area contributed by atoms with Gasteiger partial charge in [0.15, 0.2) is 0 Å². The second-order valence-corrected chi connectivity index (χ2v) is 8.43. The van der Waals surface area contributed by atoms with Crippen LogP contribution in [-0.2, 0) is 10.0 Å². The number of nitrogens with zero attached hydrogens (tertiary/aromatic N) is 1. The summed E-state index contributed by atoms with van der Waals surface area (Å²) in [6, 6.07) is 4.79. The Hall–Kier alpha value is -1.27. The molecule has 0 heterocycles. The van der Waals surface area contributed by atoms with Gasteiger partial charge < -0.3 is 11.1 Å². The number of hydrogen-bond donors (Lipinski definition) is 2. The molecule has 3 N–H and O–H groups in total. The topological polar surface area (TPSA) is 75.4 Å². The summed E-state index contributed by atoms with van der Waals surface area (Å²) in [5.74, 6) is 0. The minimum absolute atomic E-state index is 0.210. The molecule has 0 saturated carbocycles. The van der Waals surface area contributed by atoms with Crippen LogP contribution in [0.3, 0.4) is 0 Å². The molecule has 1 aromatic rings. The van der Waals surface area contributed by atoms with Crippen molar-refractivity contribution < 1.29 is 8.42 Å². The van der Waals surface area contributed by atoms with Crippen molar-refractivity contribution >= 4 is 21.4 Å². The van der Waals surface area contributed by atoms with Crippen molar-refractivity contribution in [2.24, 2.45) is 5.41 Å². The van der Waals surface area contributed by atoms with Gasteiger partial charge in [0, 0.05) is 20.6 Å². The molecular formula is C14H25N3O2S. The van der Waals surface area contributed by atoms with Crippen molar-refractivity contribution in [3.05, 3.63) is 18.2 Å². The first-order valence-corrected chi connectivity index (χ1v) is 8.04. The van der Waals surface area contributed by atoms with E-state index in [0.29, 0.717) is 5.69 Å². The monoisotopic (exact) mass is 299 g/mol. The molecule has 0 fully saturated rings. The van der Waals surface area contributed by atoms with Crippen LogP contribution in [0.4, 0.5) is 11.4 Å². The maximum atomic E-state index is 12.0. The van der Waals surface area contributed by atoms with E-state index in [-0.39, 0.29) is 10.3 Å². The molecule has 0 aliphatic carbocycles. The van der Waals surface area contributed by atoms with Crippen LogP contribution in [0.5, 0.6) is 0 Å². The van der Waals surface area contributed by atoms with Crippen molar-refractivity contribution in [3.63, 3.8) is 0 Å². The van der Waals surface area contributed by atoms with Gasteiger partial charge in [-0.15, -0.1) is 0 Å². The lowest BCUT2D eigenvalue weighted by atomic mass is 9.92. The number of rotatable bonds is 5. The second kappa shape index (κ2) is 6.01. The van der Waals surface area contributed by atoms with Gasteiger partial charge in [-0.1, -0.05) is 20.8 Å². The Morgan fingerprint density at radius 3 is 2.30 bits per heavy atom. The fourth-order valence-corrected chi connectivity index (χ4v) is 2.58. The zero-order valence-electron chi connectivity index (χ0n) is 12.9. The number of nitrogen functional groups attached to an aromatic ring is 1. The van der Waals surface area contributed by atoms with Crippen molar-refractivity contribution in [1.82, 2.24) is 4.31 Å². The summed E-state index contributed by atoms with van der Waals surface area (Å²) in [6.45, 7) is 7.31. The molecule has 20 heavy (non-hydrogen) atoms. The van der Waals surface area contributed by atoms with Crippen LogP contribution < -0.4 is 11.1 Å². The first-order chi connectivity index (χ1) is 9.04. The molecule has 0 aliphatic rings. The van der Waals surface area contributed by atoms with Gasteiger partial charge in [0.1, 0.15) is 0 Å². The average molecular weight is 299 g/mol. The van der Waals surface area contributed by atoms with Gasteiger partial charge in [-0.25, -0.2) is 12.7 Å². The SMILES string of the molecule is CN(C)S(=O)(=O)c1ccc(NCCC(C)(C)C)c(N)c1. The number of anilines is 2. The molecule has 0 bridgehead atoms. The van der Waals surface area contributed by atoms with Crippen molar-refractivity contribution in [1.29, 1.82) is 0 Å². The zero-order valence-corrected chi connectivity index (χ0v) is 13.7. The Morgan fingerprint density at radius 1 is 1.25 bits per heavy atom. The van der Waals surface area contributed by atoms with Crippen LogP contribution in [0.15, 0.2) is 23.1 Å². The van der Waals surface area contributed by atoms with Gasteiger partial charge in [-0.3, -0.25) is 0 Å². The Labute approximate surface area is 122 Å². The summed E-state index contributed by atoms with van der Waals surface area (Å²) in [4.78, 5) is 0.210. The Balaban J connectivity index is 2.85. The molecule has 0 radical (unpaired) electrons. The smallest absolute Gasteiger partial charge is 0.242 e. The minimum atomic E-state index is -3.43. The summed E-state index contributed by atoms with van der Waals surface area (Å²) >= 11 is 0. The van der Waals surface area contributed by atoms with E-state index in [0.717, 1.165) is 18.7 Å². The maximum Gasteiger partial charge on any atom is 0.242 e. The number of sulfonamides is 1. The van der Waals surface area contributed by atoms with Gasteiger partial charge >= 0.3 is 0 Å². The highest BCUT2D eigenvalue weighted by Gasteiger charge is 2.18. The highest BCUT2D eigenvalue weighted by molar-refractivity contribution is 7.89. The largest absolute Gasteiger partial charge is 0.397 e. The first-order valence-electron chi connectivity index (χ1n) is 6.60. The first kappa shape index (κ1) is 16.8. The molecule has 0 spiro atoms. The fourth-order valence-electron chi connectivity index (χ4n) is 1.65. The van der Waals surface area contributed by atoms with E-state index in [2.05, 4.69) is 26.1 Å². The zero-order chi connectivity index (χ0) is 15.6. The molecule has 0 aromatic heterocycles. The number of nitrogens with one attached hydrogen (secondary N) is 1. The molecule has 0 atom stereocenters. The number of hydrogen-bond acceptors (Lipinski definition) is 4. The number of benzene rings is 1. The molecule has 1 aromatic carbocycles. The van der Waals surface area contributed by atoms with Crippen LogP contribution >= 0.6 is 0 Å². The summed E-state index contributed by atoms with van der Waals surface area (Å²) in [6.07, 6.45) is 1.00. The van der Waals surface area contributed by atoms with Gasteiger partial charge in [0.25, 0.3) is 0 Å². The molecule has 6 heteroatoms. The molecular weight excluding hydrogens is 274 g/mol. The summed E-state index contributed by atoms with van der Waals surface area (Å²) in [7, 11) is -0.432. The lowest BCUT2D eigenvalue weighted by Crippen LogP contribution is -2.22. The van der Waals surface area contributed by atoms with Crippen molar-refractivity contribution in [2.75, 3.05) is 31.7 Å². The second-order valence-electron chi connectivity index (χ2n) is 6.27. The Bertz CT molecular complexity index is 560. The lowest BCUT2D eigenvalue weighted by Gasteiger charge is -2.19. The molecule has 0 saturated heterocycles. The molecule has 1 rings (SSSR count). The van der Waals surface area contributed by atoms with E-state index in [9.17, 15) is 8.42 Å². The van der Waals surface area contributed by atoms with E-state index in [1.807, 2.05) is 0 Å². The van der Waals surface area contributed by atoms with Crippen molar-refractivity contribution in [3.8, 4) is 0 Å². The van der Waals surface area contributed by atoms with Crippen LogP contribution in [0.2, 0.25) is 0 Å². The molecule has 0 aliphatic heterocycles. The quantitative estimate of drug-likeness (QED) is 0.818. The molecule has 0 unspecified atom stereocenters. The predicted molar refractivity (Wildman–Crippen MR) is 84.3 cm³/mol. The van der Waals surface area contributed by atoms with E-state index in [4.69, 9.17) is 5.73 Å². The van der Waals surface area contributed by atoms with Crippen LogP contribution in [-0.4, -0.2) is 33.4 Å². The fraction of sp³-hybridized carbons (Fsp3) is 0.571. The summed E-state index contributed by atoms with van der Waals surface area (Å²) < 4.78 is 25.2. The normalized spacial score (nSPS) is 12.7. The highest BCUT2D eigenvalue weighted by atomic mass is 32.2. The van der Waals surface area contributed by atoms with E-state index >= 15 is 0 Å². The highest BCUT2D eigenvalue weighted by Crippen LogP contribution is 2.25. The summed E-state index contributed by atoms with van der Waals surface area (Å²) in [5, 5.41) is 3.24. The molecule has 5 nitrogen and oxygen atoms in total. The third kappa shape index (κ3) is 4.38. The van der Waals surface area contributed by atoms with Gasteiger partial charge in [0.2, 0.25) is 10.0 Å². The number of nitrogens with two attached hydrogens (primary N) is 1. The minimum Gasteiger partial charge on any atom is -0.397 e. The van der Waals surface area contributed by atoms with Gasteiger partial charge in [0.05, 0.1) is 16.3 Å². The van der Waals surface area contributed by atoms with Gasteiger partial charge in [-0.05, 0) is 30.0 Å². The van der Waals surface area contributed by atoms with Gasteiger partial charge in [-0.2, -0.15) is 0 Å². The predicted octanol–water partition coefficient (Wildman–Crippen LogP) is 2.37. The van der Waals surface area contributed by atoms with E-state index in [1.54, 1.807) is 12.1 Å².